The van der Waals surface area contributed by atoms with Gasteiger partial charge in [0, 0.05) is 5.02 Å². The predicted octanol–water partition coefficient (Wildman–Crippen LogP) is 2.91. The molecule has 1 aromatic carbocycles. The Morgan fingerprint density at radius 1 is 1.41 bits per heavy atom. The zero-order valence-electron chi connectivity index (χ0n) is 9.86. The van der Waals surface area contributed by atoms with Gasteiger partial charge in [-0.2, -0.15) is 0 Å². The van der Waals surface area contributed by atoms with Gasteiger partial charge in [0.15, 0.2) is 0 Å². The van der Waals surface area contributed by atoms with Crippen LogP contribution in [0.15, 0.2) is 36.9 Å². The second-order valence-corrected chi connectivity index (χ2v) is 4.28. The molecule has 0 aromatic heterocycles. The van der Waals surface area contributed by atoms with Crippen molar-refractivity contribution in [3.8, 4) is 5.75 Å². The van der Waals surface area contributed by atoms with Crippen LogP contribution >= 0.6 is 11.6 Å². The predicted molar refractivity (Wildman–Crippen MR) is 72.1 cm³/mol. The lowest BCUT2D eigenvalue weighted by atomic mass is 10.1. The van der Waals surface area contributed by atoms with Crippen LogP contribution in [0, 0.1) is 0 Å². The smallest absolute Gasteiger partial charge is 0.119 e. The highest BCUT2D eigenvalue weighted by Gasteiger charge is 2.06. The lowest BCUT2D eigenvalue weighted by Crippen LogP contribution is -2.39. The average molecular weight is 255 g/mol. The zero-order chi connectivity index (χ0) is 12.5. The third-order valence-electron chi connectivity index (χ3n) is 2.46. The van der Waals surface area contributed by atoms with Crippen molar-refractivity contribution in [2.75, 3.05) is 6.61 Å². The van der Waals surface area contributed by atoms with Crippen molar-refractivity contribution in [1.82, 2.24) is 5.43 Å². The maximum atomic E-state index is 5.79. The summed E-state index contributed by atoms with van der Waals surface area (Å²) in [6.45, 7) is 4.24. The highest BCUT2D eigenvalue weighted by atomic mass is 35.5. The molecule has 3 nitrogen and oxygen atoms in total. The molecule has 1 aromatic rings. The minimum absolute atomic E-state index is 0.158. The normalized spacial score (nSPS) is 12.1. The fraction of sp³-hybridized carbons (Fsp3) is 0.385. The number of ether oxygens (including phenoxy) is 1. The van der Waals surface area contributed by atoms with Crippen molar-refractivity contribution >= 4 is 11.6 Å². The van der Waals surface area contributed by atoms with Crippen LogP contribution in [-0.2, 0) is 0 Å². The highest BCUT2D eigenvalue weighted by molar-refractivity contribution is 6.30. The first-order chi connectivity index (χ1) is 8.26. The van der Waals surface area contributed by atoms with E-state index < -0.39 is 0 Å². The van der Waals surface area contributed by atoms with Crippen LogP contribution in [0.5, 0.6) is 5.75 Å². The molecule has 1 rings (SSSR count). The summed E-state index contributed by atoms with van der Waals surface area (Å²) in [4.78, 5) is 0. The molecule has 94 valence electrons. The Morgan fingerprint density at radius 2 is 2.12 bits per heavy atom. The molecule has 0 saturated heterocycles. The second-order valence-electron chi connectivity index (χ2n) is 3.85. The van der Waals surface area contributed by atoms with Crippen LogP contribution in [-0.4, -0.2) is 12.6 Å². The Labute approximate surface area is 108 Å². The molecule has 17 heavy (non-hydrogen) atoms. The molecular formula is C13H19ClN2O. The van der Waals surface area contributed by atoms with E-state index >= 15 is 0 Å². The van der Waals surface area contributed by atoms with E-state index in [0.29, 0.717) is 11.6 Å². The summed E-state index contributed by atoms with van der Waals surface area (Å²) in [5.41, 5.74) is 2.76. The highest BCUT2D eigenvalue weighted by Crippen LogP contribution is 2.16. The first-order valence-electron chi connectivity index (χ1n) is 5.71. The summed E-state index contributed by atoms with van der Waals surface area (Å²) >= 11 is 5.79. The van der Waals surface area contributed by atoms with Gasteiger partial charge in [0.25, 0.3) is 0 Å². The maximum Gasteiger partial charge on any atom is 0.119 e. The average Bonchev–Trinajstić information content (AvgIpc) is 2.35. The molecule has 1 unspecified atom stereocenters. The summed E-state index contributed by atoms with van der Waals surface area (Å²) in [5, 5.41) is 0.705. The summed E-state index contributed by atoms with van der Waals surface area (Å²) in [7, 11) is 0. The van der Waals surface area contributed by atoms with E-state index in [0.717, 1.165) is 25.0 Å². The summed E-state index contributed by atoms with van der Waals surface area (Å²) in [6, 6.07) is 7.46. The number of benzene rings is 1. The number of hydrazine groups is 1. The molecule has 0 amide bonds. The van der Waals surface area contributed by atoms with Crippen molar-refractivity contribution in [1.29, 1.82) is 0 Å². The molecular weight excluding hydrogens is 236 g/mol. The molecule has 3 N–H and O–H groups in total. The third kappa shape index (κ3) is 5.73. The minimum Gasteiger partial charge on any atom is -0.492 e. The Balaban J connectivity index is 2.31. The monoisotopic (exact) mass is 254 g/mol. The van der Waals surface area contributed by atoms with Crippen molar-refractivity contribution in [3.05, 3.63) is 41.9 Å². The Bertz CT molecular complexity index is 327. The Morgan fingerprint density at radius 3 is 2.71 bits per heavy atom. The Hall–Kier alpha value is -1.03. The number of allylic oxidation sites excluding steroid dienone is 1. The van der Waals surface area contributed by atoms with E-state index in [4.69, 9.17) is 22.2 Å². The molecule has 0 fully saturated rings. The van der Waals surface area contributed by atoms with E-state index in [9.17, 15) is 0 Å². The molecule has 0 aliphatic heterocycles. The minimum atomic E-state index is 0.158. The van der Waals surface area contributed by atoms with Crippen LogP contribution in [0.4, 0.5) is 0 Å². The molecule has 0 radical (unpaired) electrons. The molecule has 1 atom stereocenters. The lowest BCUT2D eigenvalue weighted by molar-refractivity contribution is 0.256. The maximum absolute atomic E-state index is 5.79. The third-order valence-corrected chi connectivity index (χ3v) is 2.71. The summed E-state index contributed by atoms with van der Waals surface area (Å²) in [5.74, 6) is 6.27. The first-order valence-corrected chi connectivity index (χ1v) is 6.09. The van der Waals surface area contributed by atoms with Crippen LogP contribution in [0.2, 0.25) is 5.02 Å². The van der Waals surface area contributed by atoms with Gasteiger partial charge in [-0.05, 0) is 43.5 Å². The van der Waals surface area contributed by atoms with Gasteiger partial charge < -0.3 is 4.74 Å². The van der Waals surface area contributed by atoms with Crippen molar-refractivity contribution < 1.29 is 4.74 Å². The van der Waals surface area contributed by atoms with E-state index in [1.54, 1.807) is 12.1 Å². The van der Waals surface area contributed by atoms with Gasteiger partial charge in [-0.25, -0.2) is 0 Å². The van der Waals surface area contributed by atoms with Crippen LogP contribution in [0.1, 0.15) is 19.3 Å². The summed E-state index contributed by atoms with van der Waals surface area (Å²) in [6.07, 6.45) is 4.94. The SMILES string of the molecule is C=CCCCC(COc1ccc(Cl)cc1)NN. The number of hydrogen-bond acceptors (Lipinski definition) is 3. The van der Waals surface area contributed by atoms with Gasteiger partial charge in [0.1, 0.15) is 12.4 Å². The standard InChI is InChI=1S/C13H19ClN2O/c1-2-3-4-5-12(16-15)10-17-13-8-6-11(14)7-9-13/h2,6-9,12,16H,1,3-5,10,15H2. The summed E-state index contributed by atoms with van der Waals surface area (Å²) < 4.78 is 5.62. The zero-order valence-corrected chi connectivity index (χ0v) is 10.6. The number of unbranched alkanes of at least 4 members (excludes halogenated alkanes) is 1. The largest absolute Gasteiger partial charge is 0.492 e. The fourth-order valence-electron chi connectivity index (χ4n) is 1.45. The van der Waals surface area contributed by atoms with Crippen molar-refractivity contribution in [2.45, 2.75) is 25.3 Å². The molecule has 0 heterocycles. The van der Waals surface area contributed by atoms with Crippen LogP contribution < -0.4 is 16.0 Å². The van der Waals surface area contributed by atoms with Gasteiger partial charge in [-0.3, -0.25) is 11.3 Å². The van der Waals surface area contributed by atoms with Gasteiger partial charge in [0.2, 0.25) is 0 Å². The number of hydrogen-bond donors (Lipinski definition) is 2. The lowest BCUT2D eigenvalue weighted by Gasteiger charge is -2.16. The number of rotatable bonds is 8. The molecule has 4 heteroatoms. The molecule has 0 saturated carbocycles. The molecule has 0 aliphatic rings. The van der Waals surface area contributed by atoms with E-state index in [1.807, 2.05) is 18.2 Å². The quantitative estimate of drug-likeness (QED) is 0.325. The van der Waals surface area contributed by atoms with E-state index in [1.165, 1.54) is 0 Å². The van der Waals surface area contributed by atoms with Crippen LogP contribution in [0.3, 0.4) is 0 Å². The first kappa shape index (κ1) is 14.0. The number of halogens is 1. The van der Waals surface area contributed by atoms with E-state index in [2.05, 4.69) is 12.0 Å². The van der Waals surface area contributed by atoms with Crippen LogP contribution in [0.25, 0.3) is 0 Å². The molecule has 0 aliphatic carbocycles. The van der Waals surface area contributed by atoms with Gasteiger partial charge in [-0.15, -0.1) is 6.58 Å². The molecule has 0 spiro atoms. The van der Waals surface area contributed by atoms with Gasteiger partial charge in [0.05, 0.1) is 6.04 Å². The topological polar surface area (TPSA) is 47.3 Å². The number of nitrogens with two attached hydrogens (primary N) is 1. The fourth-order valence-corrected chi connectivity index (χ4v) is 1.58. The van der Waals surface area contributed by atoms with E-state index in [-0.39, 0.29) is 6.04 Å². The van der Waals surface area contributed by atoms with Gasteiger partial charge >= 0.3 is 0 Å². The molecule has 0 bridgehead atoms. The van der Waals surface area contributed by atoms with Crippen molar-refractivity contribution in [3.63, 3.8) is 0 Å². The van der Waals surface area contributed by atoms with Gasteiger partial charge in [-0.1, -0.05) is 17.7 Å². The second kappa shape index (κ2) is 8.12. The Kier molecular flexibility index (Phi) is 6.70. The number of nitrogens with one attached hydrogen (secondary N) is 1. The van der Waals surface area contributed by atoms with Crippen molar-refractivity contribution in [2.24, 2.45) is 5.84 Å².